The number of aryl methyl sites for hydroxylation is 2. The Kier molecular flexibility index (Phi) is 4.03. The fourth-order valence-electron chi connectivity index (χ4n) is 2.01. The molecule has 20 heavy (non-hydrogen) atoms. The van der Waals surface area contributed by atoms with E-state index in [9.17, 15) is 9.90 Å². The van der Waals surface area contributed by atoms with Crippen molar-refractivity contribution in [3.63, 3.8) is 0 Å². The summed E-state index contributed by atoms with van der Waals surface area (Å²) < 4.78 is 0. The summed E-state index contributed by atoms with van der Waals surface area (Å²) in [5.41, 5.74) is 3.05. The van der Waals surface area contributed by atoms with Crippen molar-refractivity contribution in [1.29, 1.82) is 0 Å². The molecule has 1 aromatic carbocycles. The third kappa shape index (κ3) is 3.15. The average molecular weight is 270 g/mol. The van der Waals surface area contributed by atoms with Crippen molar-refractivity contribution in [3.8, 4) is 5.75 Å². The highest BCUT2D eigenvalue weighted by atomic mass is 16.3. The van der Waals surface area contributed by atoms with Crippen LogP contribution in [-0.2, 0) is 6.54 Å². The molecular weight excluding hydrogens is 252 g/mol. The third-order valence-electron chi connectivity index (χ3n) is 3.14. The van der Waals surface area contributed by atoms with Gasteiger partial charge in [-0.3, -0.25) is 9.78 Å². The highest BCUT2D eigenvalue weighted by molar-refractivity contribution is 5.94. The lowest BCUT2D eigenvalue weighted by Crippen LogP contribution is -2.26. The zero-order chi connectivity index (χ0) is 14.7. The summed E-state index contributed by atoms with van der Waals surface area (Å²) in [7, 11) is 1.74. The van der Waals surface area contributed by atoms with Gasteiger partial charge in [0.25, 0.3) is 5.91 Å². The van der Waals surface area contributed by atoms with E-state index >= 15 is 0 Å². The van der Waals surface area contributed by atoms with Gasteiger partial charge in [-0.2, -0.15) is 0 Å². The molecule has 2 aromatic rings. The number of phenols is 1. The normalized spacial score (nSPS) is 10.3. The van der Waals surface area contributed by atoms with E-state index in [0.29, 0.717) is 17.7 Å². The zero-order valence-electron chi connectivity index (χ0n) is 11.9. The number of rotatable bonds is 3. The van der Waals surface area contributed by atoms with Crippen molar-refractivity contribution in [1.82, 2.24) is 9.88 Å². The first-order chi connectivity index (χ1) is 9.47. The minimum Gasteiger partial charge on any atom is -0.508 e. The minimum atomic E-state index is -0.0867. The fourth-order valence-corrected chi connectivity index (χ4v) is 2.01. The minimum absolute atomic E-state index is 0.0867. The van der Waals surface area contributed by atoms with Gasteiger partial charge in [-0.25, -0.2) is 0 Å². The fraction of sp³-hybridized carbons (Fsp3) is 0.250. The Labute approximate surface area is 118 Å². The Hall–Kier alpha value is -2.36. The van der Waals surface area contributed by atoms with Crippen molar-refractivity contribution < 1.29 is 9.90 Å². The Morgan fingerprint density at radius 1 is 1.25 bits per heavy atom. The smallest absolute Gasteiger partial charge is 0.253 e. The summed E-state index contributed by atoms with van der Waals surface area (Å²) in [4.78, 5) is 18.3. The number of aromatic hydroxyl groups is 1. The van der Waals surface area contributed by atoms with Crippen molar-refractivity contribution in [2.24, 2.45) is 0 Å². The van der Waals surface area contributed by atoms with Gasteiger partial charge in [-0.1, -0.05) is 6.07 Å². The van der Waals surface area contributed by atoms with Crippen molar-refractivity contribution in [2.75, 3.05) is 7.05 Å². The molecule has 1 aromatic heterocycles. The summed E-state index contributed by atoms with van der Waals surface area (Å²) in [6.07, 6.45) is 0. The van der Waals surface area contributed by atoms with Gasteiger partial charge in [0.15, 0.2) is 0 Å². The SMILES string of the molecule is Cc1cccc(CN(C)C(=O)c2ccc(O)c(C)c2)n1. The second kappa shape index (κ2) is 5.74. The molecule has 1 heterocycles. The maximum atomic E-state index is 12.3. The lowest BCUT2D eigenvalue weighted by Gasteiger charge is -2.17. The number of phenolic OH excluding ortho intramolecular Hbond substituents is 1. The van der Waals surface area contributed by atoms with Gasteiger partial charge in [-0.15, -0.1) is 0 Å². The van der Waals surface area contributed by atoms with Gasteiger partial charge in [0.2, 0.25) is 0 Å². The van der Waals surface area contributed by atoms with Gasteiger partial charge >= 0.3 is 0 Å². The lowest BCUT2D eigenvalue weighted by atomic mass is 10.1. The number of carbonyl (C=O) groups excluding carboxylic acids is 1. The van der Waals surface area contributed by atoms with Gasteiger partial charge in [0.1, 0.15) is 5.75 Å². The predicted molar refractivity (Wildman–Crippen MR) is 77.6 cm³/mol. The number of amides is 1. The number of nitrogens with zero attached hydrogens (tertiary/aromatic N) is 2. The Balaban J connectivity index is 2.14. The molecule has 0 aliphatic rings. The molecule has 0 aliphatic carbocycles. The first kappa shape index (κ1) is 14.1. The maximum absolute atomic E-state index is 12.3. The molecule has 0 atom stereocenters. The van der Waals surface area contributed by atoms with Crippen LogP contribution in [0, 0.1) is 13.8 Å². The second-order valence-corrected chi connectivity index (χ2v) is 4.93. The molecule has 0 spiro atoms. The Bertz CT molecular complexity index is 638. The summed E-state index contributed by atoms with van der Waals surface area (Å²) in [6.45, 7) is 4.16. The summed E-state index contributed by atoms with van der Waals surface area (Å²) in [5, 5.41) is 9.49. The van der Waals surface area contributed by atoms with Crippen LogP contribution < -0.4 is 0 Å². The van der Waals surface area contributed by atoms with Crippen molar-refractivity contribution >= 4 is 5.91 Å². The highest BCUT2D eigenvalue weighted by Gasteiger charge is 2.13. The molecule has 0 bridgehead atoms. The molecule has 0 saturated heterocycles. The quantitative estimate of drug-likeness (QED) is 0.933. The molecule has 1 N–H and O–H groups in total. The third-order valence-corrected chi connectivity index (χ3v) is 3.14. The Morgan fingerprint density at radius 3 is 2.65 bits per heavy atom. The molecule has 104 valence electrons. The van der Waals surface area contributed by atoms with Crippen LogP contribution in [-0.4, -0.2) is 27.9 Å². The van der Waals surface area contributed by atoms with Crippen LogP contribution in [0.25, 0.3) is 0 Å². The van der Waals surface area contributed by atoms with Crippen LogP contribution in [0.15, 0.2) is 36.4 Å². The van der Waals surface area contributed by atoms with E-state index in [-0.39, 0.29) is 11.7 Å². The van der Waals surface area contributed by atoms with Crippen LogP contribution in [0.5, 0.6) is 5.75 Å². The average Bonchev–Trinajstić information content (AvgIpc) is 2.41. The molecule has 4 heteroatoms. The van der Waals surface area contributed by atoms with Crippen LogP contribution in [0.2, 0.25) is 0 Å². The Morgan fingerprint density at radius 2 is 2.00 bits per heavy atom. The van der Waals surface area contributed by atoms with E-state index in [0.717, 1.165) is 11.4 Å². The van der Waals surface area contributed by atoms with E-state index in [2.05, 4.69) is 4.98 Å². The molecule has 1 amide bonds. The molecule has 0 saturated carbocycles. The van der Waals surface area contributed by atoms with E-state index in [4.69, 9.17) is 0 Å². The summed E-state index contributed by atoms with van der Waals surface area (Å²) in [5.74, 6) is 0.112. The van der Waals surface area contributed by atoms with Crippen LogP contribution in [0.1, 0.15) is 27.3 Å². The van der Waals surface area contributed by atoms with Gasteiger partial charge in [0, 0.05) is 18.3 Å². The maximum Gasteiger partial charge on any atom is 0.253 e. The number of aromatic nitrogens is 1. The predicted octanol–water partition coefficient (Wildman–Crippen LogP) is 2.68. The number of pyridine rings is 1. The molecule has 4 nitrogen and oxygen atoms in total. The van der Waals surface area contributed by atoms with Crippen molar-refractivity contribution in [2.45, 2.75) is 20.4 Å². The first-order valence-electron chi connectivity index (χ1n) is 6.45. The molecule has 0 fully saturated rings. The summed E-state index contributed by atoms with van der Waals surface area (Å²) >= 11 is 0. The van der Waals surface area contributed by atoms with Crippen molar-refractivity contribution in [3.05, 3.63) is 58.9 Å². The van der Waals surface area contributed by atoms with Crippen LogP contribution in [0.3, 0.4) is 0 Å². The van der Waals surface area contributed by atoms with Crippen LogP contribution in [0.4, 0.5) is 0 Å². The highest BCUT2D eigenvalue weighted by Crippen LogP contribution is 2.18. The number of hydrogen-bond acceptors (Lipinski definition) is 3. The first-order valence-corrected chi connectivity index (χ1v) is 6.45. The number of benzene rings is 1. The van der Waals surface area contributed by atoms with E-state index < -0.39 is 0 Å². The van der Waals surface area contributed by atoms with E-state index in [1.165, 1.54) is 0 Å². The second-order valence-electron chi connectivity index (χ2n) is 4.93. The molecule has 2 rings (SSSR count). The topological polar surface area (TPSA) is 53.4 Å². The van der Waals surface area contributed by atoms with Crippen LogP contribution >= 0.6 is 0 Å². The summed E-state index contributed by atoms with van der Waals surface area (Å²) in [6, 6.07) is 10.6. The molecule has 0 radical (unpaired) electrons. The lowest BCUT2D eigenvalue weighted by molar-refractivity contribution is 0.0783. The van der Waals surface area contributed by atoms with E-state index in [1.807, 2.05) is 25.1 Å². The van der Waals surface area contributed by atoms with Gasteiger partial charge in [0.05, 0.1) is 12.2 Å². The zero-order valence-corrected chi connectivity index (χ0v) is 11.9. The van der Waals surface area contributed by atoms with Gasteiger partial charge < -0.3 is 10.0 Å². The molecule has 0 aliphatic heterocycles. The largest absolute Gasteiger partial charge is 0.508 e. The standard InChI is InChI=1S/C16H18N2O2/c1-11-9-13(7-8-15(11)19)16(20)18(3)10-14-6-4-5-12(2)17-14/h4-9,19H,10H2,1-3H3. The monoisotopic (exact) mass is 270 g/mol. The van der Waals surface area contributed by atoms with E-state index in [1.54, 1.807) is 37.1 Å². The van der Waals surface area contributed by atoms with Gasteiger partial charge in [-0.05, 0) is 49.7 Å². The molecular formula is C16H18N2O2. The number of hydrogen-bond donors (Lipinski definition) is 1. The number of carbonyl (C=O) groups is 1. The molecule has 0 unspecified atom stereocenters.